The standard InChI is InChI=1S/C48H31BN2.C46H29BN2.C39H31BN2Si/c1-4-14-32(15-5-1)34-28-41-39-20-10-12-22-45(39)49-46-23-13-11-21-40(46)42-29-35(31-44-43(30-34)47(41)51(49)48(42)44)33-24-26-38(27-25-33)50(36-16-6-2-7-17-36)37-18-8-3-9-19-37;1-3-14-30(15-4-1)32-26-38-36-21-9-11-23-42(36)47-43-24-12-10-22-37(43)40-28-34(29-41-39(27-32)45(38)49(47)46(40)41)48(33-18-5-2-6-19-33)44-25-13-17-31-16-7-8-20-35(31)44;1-43(2,3)29-22-20-27(21-23-29)41(26-12-5-4-6-13-26)28-24-34-31-15-8-10-19-37(31)40-36-18-9-7-14-30(36)32-16-11-17-33-35(25-28)39(34)42(40)38(32)33/h1-31H;1-29H;4-25H,1-3H3. The summed E-state index contributed by atoms with van der Waals surface area (Å²) in [5.74, 6) is 0. The topological polar surface area (TPSA) is 24.5 Å². The van der Waals surface area contributed by atoms with Crippen LogP contribution in [0.1, 0.15) is 0 Å². The number of aromatic nitrogens is 3. The molecule has 6 aliphatic heterocycles. The molecule has 0 unspecified atom stereocenters. The molecule has 0 saturated heterocycles. The van der Waals surface area contributed by atoms with E-state index >= 15 is 0 Å². The Labute approximate surface area is 833 Å². The van der Waals surface area contributed by atoms with Crippen LogP contribution in [-0.2, 0) is 0 Å². The van der Waals surface area contributed by atoms with E-state index in [0.29, 0.717) is 0 Å². The molecule has 10 heteroatoms. The largest absolute Gasteiger partial charge is 0.375 e. The summed E-state index contributed by atoms with van der Waals surface area (Å²) in [5, 5.41) is 11.8. The zero-order chi connectivity index (χ0) is 94.4. The Morgan fingerprint density at radius 3 is 0.818 bits per heavy atom. The maximum Gasteiger partial charge on any atom is 0.329 e. The first kappa shape index (κ1) is 82.4. The molecule has 666 valence electrons. The van der Waals surface area contributed by atoms with Gasteiger partial charge in [-0.2, -0.15) is 0 Å². The van der Waals surface area contributed by atoms with E-state index in [1.165, 1.54) is 231 Å². The molecule has 3 aromatic heterocycles. The molecule has 0 bridgehead atoms. The van der Waals surface area contributed by atoms with Crippen LogP contribution >= 0.6 is 0 Å². The van der Waals surface area contributed by atoms with Crippen molar-refractivity contribution >= 4 is 194 Å². The fourth-order valence-corrected chi connectivity index (χ4v) is 26.2. The number of para-hydroxylation sites is 5. The lowest BCUT2D eigenvalue weighted by molar-refractivity contribution is 1.28. The minimum Gasteiger partial charge on any atom is -0.375 e. The Kier molecular flexibility index (Phi) is 18.7. The summed E-state index contributed by atoms with van der Waals surface area (Å²) in [6.07, 6.45) is 0. The molecule has 0 N–H and O–H groups in total. The summed E-state index contributed by atoms with van der Waals surface area (Å²) in [4.78, 5) is 7.20. The molecule has 0 saturated carbocycles. The second-order valence-corrected chi connectivity index (χ2v) is 45.1. The van der Waals surface area contributed by atoms with Gasteiger partial charge in [0.05, 0.1) is 13.8 Å². The number of benzene rings is 22. The van der Waals surface area contributed by atoms with Gasteiger partial charge in [0.25, 0.3) is 0 Å². The summed E-state index contributed by atoms with van der Waals surface area (Å²) in [5.41, 5.74) is 49.8. The number of nitrogens with zero attached hydrogens (tertiary/aromatic N) is 6. The Bertz CT molecular complexity index is 9480. The van der Waals surface area contributed by atoms with E-state index in [9.17, 15) is 0 Å². The quantitative estimate of drug-likeness (QED) is 0.108. The highest BCUT2D eigenvalue weighted by atomic mass is 28.3. The van der Waals surface area contributed by atoms with Crippen molar-refractivity contribution in [3.8, 4) is 100 Å². The molecular weight excluding hydrogens is 1740 g/mol. The molecule has 9 heterocycles. The van der Waals surface area contributed by atoms with Crippen molar-refractivity contribution < 1.29 is 0 Å². The summed E-state index contributed by atoms with van der Waals surface area (Å²) >= 11 is 0. The van der Waals surface area contributed by atoms with Crippen molar-refractivity contribution in [3.63, 3.8) is 0 Å². The monoisotopic (exact) mass is 1830 g/mol. The van der Waals surface area contributed by atoms with Crippen LogP contribution in [0.5, 0.6) is 0 Å². The molecule has 0 atom stereocenters. The second-order valence-electron chi connectivity index (χ2n) is 40.0. The normalized spacial score (nSPS) is 12.5. The molecule has 0 radical (unpaired) electrons. The van der Waals surface area contributed by atoms with E-state index in [1.807, 2.05) is 0 Å². The minimum atomic E-state index is -1.41. The molecule has 0 aliphatic carbocycles. The highest BCUT2D eigenvalue weighted by Gasteiger charge is 2.44. The average molecular weight is 1830 g/mol. The van der Waals surface area contributed by atoms with E-state index < -0.39 is 8.07 Å². The Morgan fingerprint density at radius 1 is 0.168 bits per heavy atom. The van der Waals surface area contributed by atoms with Crippen LogP contribution in [0.15, 0.2) is 497 Å². The maximum atomic E-state index is 2.66. The van der Waals surface area contributed by atoms with Gasteiger partial charge in [-0.1, -0.05) is 383 Å². The number of fused-ring (bicyclic) bond motifs is 22. The highest BCUT2D eigenvalue weighted by molar-refractivity contribution is 6.91. The second kappa shape index (κ2) is 32.5. The van der Waals surface area contributed by atoms with E-state index in [4.69, 9.17) is 0 Å². The molecule has 0 spiro atoms. The van der Waals surface area contributed by atoms with Crippen molar-refractivity contribution in [1.82, 2.24) is 13.4 Å². The Balaban J connectivity index is 0.000000103. The maximum absolute atomic E-state index is 2.66. The van der Waals surface area contributed by atoms with Gasteiger partial charge in [-0.15, -0.1) is 0 Å². The van der Waals surface area contributed by atoms with Gasteiger partial charge in [0.1, 0.15) is 0 Å². The van der Waals surface area contributed by atoms with Gasteiger partial charge in [0.15, 0.2) is 0 Å². The minimum absolute atomic E-state index is 0.115. The lowest BCUT2D eigenvalue weighted by Gasteiger charge is -2.33. The van der Waals surface area contributed by atoms with Crippen LogP contribution in [0.2, 0.25) is 19.6 Å². The fourth-order valence-electron chi connectivity index (χ4n) is 25.0. The smallest absolute Gasteiger partial charge is 0.329 e. The molecule has 6 nitrogen and oxygen atoms in total. The van der Waals surface area contributed by atoms with Crippen LogP contribution in [0.4, 0.5) is 51.2 Å². The Morgan fingerprint density at radius 2 is 0.427 bits per heavy atom. The van der Waals surface area contributed by atoms with Gasteiger partial charge in [-0.3, -0.25) is 0 Å². The molecule has 25 aromatic rings. The highest BCUT2D eigenvalue weighted by Crippen LogP contribution is 2.55. The molecule has 0 fully saturated rings. The molecule has 0 amide bonds. The lowest BCUT2D eigenvalue weighted by atomic mass is 9.45. The van der Waals surface area contributed by atoms with Gasteiger partial charge < -0.3 is 28.1 Å². The molecule has 6 aliphatic rings. The first-order valence-corrected chi connectivity index (χ1v) is 53.5. The third-order valence-corrected chi connectivity index (χ3v) is 33.2. The molecule has 143 heavy (non-hydrogen) atoms. The van der Waals surface area contributed by atoms with Crippen molar-refractivity contribution in [2.75, 3.05) is 14.7 Å². The summed E-state index contributed by atoms with van der Waals surface area (Å²) in [7, 11) is -1.41. The zero-order valence-corrected chi connectivity index (χ0v) is 80.3. The number of hydrogen-bond donors (Lipinski definition) is 0. The van der Waals surface area contributed by atoms with Gasteiger partial charge in [-0.05, 0) is 244 Å². The van der Waals surface area contributed by atoms with Crippen LogP contribution in [0, 0.1) is 0 Å². The van der Waals surface area contributed by atoms with Crippen LogP contribution in [0.3, 0.4) is 0 Å². The van der Waals surface area contributed by atoms with E-state index in [1.54, 1.807) is 0 Å². The number of rotatable bonds is 13. The predicted molar refractivity (Wildman–Crippen MR) is 613 cm³/mol. The van der Waals surface area contributed by atoms with Gasteiger partial charge in [0.2, 0.25) is 0 Å². The van der Waals surface area contributed by atoms with Gasteiger partial charge in [-0.25, -0.2) is 0 Å². The summed E-state index contributed by atoms with van der Waals surface area (Å²) < 4.78 is 7.95. The lowest BCUT2D eigenvalue weighted by Crippen LogP contribution is -2.53. The first-order valence-electron chi connectivity index (χ1n) is 50.0. The van der Waals surface area contributed by atoms with E-state index in [2.05, 4.69) is 545 Å². The van der Waals surface area contributed by atoms with Crippen molar-refractivity contribution in [3.05, 3.63) is 497 Å². The fraction of sp³-hybridized carbons (Fsp3) is 0.0226. The van der Waals surface area contributed by atoms with E-state index in [0.717, 1.165) is 34.1 Å². The first-order chi connectivity index (χ1) is 70.6. The summed E-state index contributed by atoms with van der Waals surface area (Å²) in [6.45, 7) is 7.65. The van der Waals surface area contributed by atoms with Crippen LogP contribution < -0.4 is 52.7 Å². The van der Waals surface area contributed by atoms with Crippen molar-refractivity contribution in [1.29, 1.82) is 0 Å². The van der Waals surface area contributed by atoms with Gasteiger partial charge in [0, 0.05) is 150 Å². The van der Waals surface area contributed by atoms with Crippen LogP contribution in [0.25, 0.3) is 176 Å². The predicted octanol–water partition coefficient (Wildman–Crippen LogP) is 30.3. The van der Waals surface area contributed by atoms with Gasteiger partial charge >= 0.3 is 20.5 Å². The van der Waals surface area contributed by atoms with Crippen LogP contribution in [-0.4, -0.2) is 42.1 Å². The summed E-state index contributed by atoms with van der Waals surface area (Å²) in [6, 6.07) is 184. The zero-order valence-electron chi connectivity index (χ0n) is 79.3. The molecular formula is C133H91B3N6Si. The SMILES string of the molecule is C[Si](C)(C)c1ccc(N(c2ccccc2)c2cc3c4c(c2)c2cccc5c2n4B(c2ccccc2-5)c2ccccc2-3)cc1.c1ccc(-c2cc3c4c(c2)c2cc(-c5ccc(N(c6ccccc6)c6ccccc6)cc5)cc5c2n4B(c2ccccc2-3)c2ccccc2-5)cc1.c1ccc(-c2cc3c4c(c2)c2cc(N(c5ccccc5)c5cccc6ccccc56)cc5c2n4B(c2ccccc2-3)c2ccccc2-5)cc1. The molecule has 22 aromatic carbocycles. The van der Waals surface area contributed by atoms with E-state index in [-0.39, 0.29) is 20.5 Å². The number of hydrogen-bond acceptors (Lipinski definition) is 3. The third-order valence-electron chi connectivity index (χ3n) is 31.2. The van der Waals surface area contributed by atoms with Crippen molar-refractivity contribution in [2.45, 2.75) is 19.6 Å². The number of anilines is 9. The Hall–Kier alpha value is -17.7. The third kappa shape index (κ3) is 12.8. The average Bonchev–Trinajstić information content (AvgIpc) is 1.53. The van der Waals surface area contributed by atoms with Crippen molar-refractivity contribution in [2.24, 2.45) is 0 Å². The molecule has 31 rings (SSSR count).